The van der Waals surface area contributed by atoms with Crippen LogP contribution in [0.4, 0.5) is 22.7 Å². The third-order valence-electron chi connectivity index (χ3n) is 3.96. The predicted octanol–water partition coefficient (Wildman–Crippen LogP) is 0.391. The molecule has 0 aliphatic heterocycles. The maximum absolute atomic E-state index is 11.3. The van der Waals surface area contributed by atoms with Gasteiger partial charge in [0.25, 0.3) is 5.69 Å². The van der Waals surface area contributed by atoms with Gasteiger partial charge in [-0.2, -0.15) is 0 Å². The third kappa shape index (κ3) is 4.78. The molecule has 0 fully saturated rings. The molecule has 13 nitrogen and oxygen atoms in total. The van der Waals surface area contributed by atoms with Gasteiger partial charge in [-0.3, -0.25) is 20.2 Å². The summed E-state index contributed by atoms with van der Waals surface area (Å²) < 4.78 is 34.0. The Hall–Kier alpha value is -3.17. The number of aromatic hydroxyl groups is 2. The van der Waals surface area contributed by atoms with Crippen LogP contribution in [0.5, 0.6) is 11.5 Å². The minimum absolute atomic E-state index is 0. The van der Waals surface area contributed by atoms with E-state index in [0.29, 0.717) is 12.1 Å². The van der Waals surface area contributed by atoms with Crippen molar-refractivity contribution in [2.75, 3.05) is 0 Å². The number of nitrogens with zero attached hydrogens (tertiary/aromatic N) is 4. The molecule has 0 heterocycles. The number of phenols is 2. The van der Waals surface area contributed by atoms with Crippen molar-refractivity contribution in [2.24, 2.45) is 10.2 Å². The zero-order valence-corrected chi connectivity index (χ0v) is 18.3. The summed E-state index contributed by atoms with van der Waals surface area (Å²) in [6.07, 6.45) is 0. The molecular formula is C16H9N4NaO9S. The Labute approximate surface area is 195 Å². The van der Waals surface area contributed by atoms with Gasteiger partial charge in [0.1, 0.15) is 15.8 Å². The Morgan fingerprint density at radius 1 is 0.903 bits per heavy atom. The molecule has 0 amide bonds. The molecule has 0 aromatic heterocycles. The van der Waals surface area contributed by atoms with E-state index < -0.39 is 53.4 Å². The van der Waals surface area contributed by atoms with E-state index in [1.54, 1.807) is 0 Å². The van der Waals surface area contributed by atoms with Gasteiger partial charge in [0.15, 0.2) is 11.5 Å². The van der Waals surface area contributed by atoms with E-state index in [4.69, 9.17) is 0 Å². The van der Waals surface area contributed by atoms with Crippen LogP contribution in [0.3, 0.4) is 0 Å². The Bertz CT molecular complexity index is 1360. The van der Waals surface area contributed by atoms with Crippen LogP contribution in [0.2, 0.25) is 0 Å². The maximum atomic E-state index is 11.3. The first kappa shape index (κ1) is 24.1. The summed E-state index contributed by atoms with van der Waals surface area (Å²) in [7, 11) is -4.82. The summed E-state index contributed by atoms with van der Waals surface area (Å²) in [6, 6.07) is 7.10. The van der Waals surface area contributed by atoms with Crippen LogP contribution in [0.1, 0.15) is 0 Å². The smallest absolute Gasteiger partial charge is 0.744 e. The molecule has 0 unspecified atom stereocenters. The summed E-state index contributed by atoms with van der Waals surface area (Å²) in [5.74, 6) is -1.47. The fourth-order valence-electron chi connectivity index (χ4n) is 2.64. The van der Waals surface area contributed by atoms with Crippen LogP contribution in [-0.4, -0.2) is 33.0 Å². The molecule has 0 saturated carbocycles. The maximum Gasteiger partial charge on any atom is 1.00 e. The van der Waals surface area contributed by atoms with E-state index in [9.17, 15) is 43.4 Å². The fourth-order valence-corrected chi connectivity index (χ4v) is 3.33. The molecule has 0 atom stereocenters. The van der Waals surface area contributed by atoms with Crippen molar-refractivity contribution in [3.8, 4) is 11.5 Å². The van der Waals surface area contributed by atoms with Crippen molar-refractivity contribution < 1.29 is 62.6 Å². The number of fused-ring (bicyclic) bond motifs is 1. The molecule has 15 heteroatoms. The number of hydrogen-bond donors (Lipinski definition) is 2. The van der Waals surface area contributed by atoms with E-state index in [1.807, 2.05) is 0 Å². The Morgan fingerprint density at radius 3 is 2.16 bits per heavy atom. The van der Waals surface area contributed by atoms with Gasteiger partial charge in [-0.25, -0.2) is 8.42 Å². The predicted molar refractivity (Wildman–Crippen MR) is 99.2 cm³/mol. The number of non-ortho nitro benzene ring substituents is 1. The molecule has 0 radical (unpaired) electrons. The summed E-state index contributed by atoms with van der Waals surface area (Å²) >= 11 is 0. The number of nitro groups is 2. The number of phenolic OH excluding ortho intramolecular Hbond substituents is 2. The van der Waals surface area contributed by atoms with Gasteiger partial charge in [-0.1, -0.05) is 18.2 Å². The van der Waals surface area contributed by atoms with Crippen molar-refractivity contribution in [3.63, 3.8) is 0 Å². The van der Waals surface area contributed by atoms with Crippen LogP contribution in [-0.2, 0) is 10.1 Å². The molecule has 0 saturated heterocycles. The third-order valence-corrected chi connectivity index (χ3v) is 4.86. The van der Waals surface area contributed by atoms with Gasteiger partial charge in [0.2, 0.25) is 5.69 Å². The second-order valence-electron chi connectivity index (χ2n) is 5.79. The van der Waals surface area contributed by atoms with E-state index in [0.717, 1.165) is 12.1 Å². The van der Waals surface area contributed by atoms with E-state index in [2.05, 4.69) is 10.2 Å². The Morgan fingerprint density at radius 2 is 1.58 bits per heavy atom. The number of nitro benzene ring substituents is 2. The van der Waals surface area contributed by atoms with Crippen molar-refractivity contribution in [1.82, 2.24) is 0 Å². The topological polar surface area (TPSA) is 209 Å². The van der Waals surface area contributed by atoms with Crippen molar-refractivity contribution in [1.29, 1.82) is 0 Å². The summed E-state index contributed by atoms with van der Waals surface area (Å²) in [5.41, 5.74) is -2.60. The van der Waals surface area contributed by atoms with Gasteiger partial charge in [-0.15, -0.1) is 10.2 Å². The van der Waals surface area contributed by atoms with Gasteiger partial charge >= 0.3 is 35.2 Å². The molecule has 2 N–H and O–H groups in total. The molecule has 3 aromatic rings. The average Bonchev–Trinajstić information content (AvgIpc) is 2.66. The Kier molecular flexibility index (Phi) is 6.93. The van der Waals surface area contributed by atoms with Gasteiger partial charge in [0.05, 0.1) is 26.9 Å². The largest absolute Gasteiger partial charge is 1.00 e. The number of azo groups is 1. The van der Waals surface area contributed by atoms with Crippen molar-refractivity contribution >= 4 is 43.6 Å². The minimum atomic E-state index is -4.82. The molecule has 0 aliphatic carbocycles. The fraction of sp³-hybridized carbons (Fsp3) is 0. The normalized spacial score (nSPS) is 11.4. The first-order valence-corrected chi connectivity index (χ1v) is 9.19. The number of benzene rings is 3. The molecule has 0 bridgehead atoms. The molecule has 154 valence electrons. The van der Waals surface area contributed by atoms with Crippen LogP contribution < -0.4 is 29.6 Å². The quantitative estimate of drug-likeness (QED) is 0.178. The zero-order chi connectivity index (χ0) is 22.2. The first-order valence-electron chi connectivity index (χ1n) is 7.79. The minimum Gasteiger partial charge on any atom is -0.744 e. The standard InChI is InChI=1S/C16H10N4O9S.Na/c21-13-7-8(19(23)24)6-12(20(25)26)15(13)18-17-11-5-4-9-10(16(11)22)2-1-3-14(9)30(27,28)29;/h1-7,21-22H,(H,27,28,29);/q;+1/p-1. The first-order chi connectivity index (χ1) is 14.0. The monoisotopic (exact) mass is 456 g/mol. The van der Waals surface area contributed by atoms with E-state index >= 15 is 0 Å². The zero-order valence-electron chi connectivity index (χ0n) is 15.5. The van der Waals surface area contributed by atoms with Crippen LogP contribution >= 0.6 is 0 Å². The van der Waals surface area contributed by atoms with Gasteiger partial charge in [-0.05, 0) is 12.1 Å². The van der Waals surface area contributed by atoms with Crippen LogP contribution in [0.25, 0.3) is 10.8 Å². The summed E-state index contributed by atoms with van der Waals surface area (Å²) in [4.78, 5) is 19.5. The number of rotatable bonds is 5. The van der Waals surface area contributed by atoms with E-state index in [1.165, 1.54) is 18.2 Å². The second-order valence-corrected chi connectivity index (χ2v) is 7.13. The van der Waals surface area contributed by atoms with Crippen LogP contribution in [0.15, 0.2) is 57.6 Å². The van der Waals surface area contributed by atoms with Crippen molar-refractivity contribution in [3.05, 3.63) is 62.7 Å². The molecule has 3 rings (SSSR count). The second kappa shape index (κ2) is 8.91. The SMILES string of the molecule is O=[N+]([O-])c1cc(O)c(N=Nc2ccc3c(S(=O)(=O)[O-])cccc3c2O)c([N+](=O)[O-])c1.[Na+]. The van der Waals surface area contributed by atoms with Crippen LogP contribution in [0, 0.1) is 20.2 Å². The molecule has 0 spiro atoms. The Balaban J connectivity index is 0.00000341. The average molecular weight is 456 g/mol. The molecular weight excluding hydrogens is 447 g/mol. The van der Waals surface area contributed by atoms with Gasteiger partial charge in [0, 0.05) is 10.8 Å². The number of hydrogen-bond acceptors (Lipinski definition) is 11. The molecule has 3 aromatic carbocycles. The molecule has 31 heavy (non-hydrogen) atoms. The molecule has 0 aliphatic rings. The summed E-state index contributed by atoms with van der Waals surface area (Å²) in [5, 5.41) is 49.2. The van der Waals surface area contributed by atoms with E-state index in [-0.39, 0.29) is 46.0 Å². The summed E-state index contributed by atoms with van der Waals surface area (Å²) in [6.45, 7) is 0. The van der Waals surface area contributed by atoms with Crippen molar-refractivity contribution in [2.45, 2.75) is 4.90 Å². The van der Waals surface area contributed by atoms with Gasteiger partial charge < -0.3 is 14.8 Å².